The van der Waals surface area contributed by atoms with Gasteiger partial charge in [-0.25, -0.2) is 0 Å². The lowest BCUT2D eigenvalue weighted by Crippen LogP contribution is -2.28. The second-order valence-electron chi connectivity index (χ2n) is 8.56. The van der Waals surface area contributed by atoms with Gasteiger partial charge in [0.15, 0.2) is 0 Å². The van der Waals surface area contributed by atoms with Crippen molar-refractivity contribution in [2.75, 3.05) is 0 Å². The minimum atomic E-state index is -0.689. The molecule has 178 valence electrons. The van der Waals surface area contributed by atoms with Crippen molar-refractivity contribution in [2.45, 2.75) is 13.0 Å². The number of hydrazone groups is 1. The molecule has 11 nitrogen and oxygen atoms in total. The summed E-state index contributed by atoms with van der Waals surface area (Å²) in [5.41, 5.74) is 0.0261. The Morgan fingerprint density at radius 2 is 1.74 bits per heavy atom. The number of benzene rings is 2. The molecule has 2 amide bonds. The minimum absolute atomic E-state index is 0.0414. The fourth-order valence-corrected chi connectivity index (χ4v) is 5.27. The Balaban J connectivity index is 1.36. The summed E-state index contributed by atoms with van der Waals surface area (Å²) in [6, 6.07) is 8.18. The lowest BCUT2D eigenvalue weighted by atomic mass is 9.85. The number of halogens is 1. The maximum Gasteiger partial charge on any atom is 0.313 e. The molecule has 0 spiro atoms. The zero-order valence-electron chi connectivity index (χ0n) is 17.9. The molecular formula is C23H17ClN4O7. The number of allylic oxidation sites excluding steroid dienone is 2. The number of nitrogens with zero attached hydrogens (tertiary/aromatic N) is 4. The number of non-ortho nitro benzene ring substituents is 1. The van der Waals surface area contributed by atoms with Crippen molar-refractivity contribution in [1.82, 2.24) is 5.01 Å². The van der Waals surface area contributed by atoms with Crippen molar-refractivity contribution in [3.63, 3.8) is 0 Å². The van der Waals surface area contributed by atoms with Crippen molar-refractivity contribution in [1.29, 1.82) is 0 Å². The summed E-state index contributed by atoms with van der Waals surface area (Å²) in [6.45, 7) is -0.189. The number of amides is 2. The summed E-state index contributed by atoms with van der Waals surface area (Å²) in [4.78, 5) is 46.9. The van der Waals surface area contributed by atoms with Gasteiger partial charge in [-0.1, -0.05) is 35.9 Å². The van der Waals surface area contributed by atoms with E-state index in [9.17, 15) is 29.8 Å². The van der Waals surface area contributed by atoms with Crippen LogP contribution in [-0.4, -0.2) is 32.9 Å². The largest absolute Gasteiger partial charge is 0.481 e. The lowest BCUT2D eigenvalue weighted by molar-refractivity contribution is -0.385. The molecule has 2 aliphatic carbocycles. The van der Waals surface area contributed by atoms with Gasteiger partial charge in [-0.15, -0.1) is 0 Å². The van der Waals surface area contributed by atoms with Crippen molar-refractivity contribution in [2.24, 2.45) is 28.8 Å². The molecule has 0 unspecified atom stereocenters. The van der Waals surface area contributed by atoms with Crippen LogP contribution in [-0.2, 0) is 16.2 Å². The number of hydrogen-bond donors (Lipinski definition) is 0. The van der Waals surface area contributed by atoms with Crippen LogP contribution in [0.4, 0.5) is 11.4 Å². The van der Waals surface area contributed by atoms with E-state index in [2.05, 4.69) is 5.10 Å². The third-order valence-electron chi connectivity index (χ3n) is 6.52. The fraction of sp³-hybridized carbons (Fsp3) is 0.261. The Morgan fingerprint density at radius 3 is 2.37 bits per heavy atom. The van der Waals surface area contributed by atoms with Gasteiger partial charge in [0.25, 0.3) is 17.5 Å². The first-order valence-corrected chi connectivity index (χ1v) is 11.1. The third kappa shape index (κ3) is 3.93. The molecule has 0 N–H and O–H groups in total. The van der Waals surface area contributed by atoms with E-state index in [-0.39, 0.29) is 52.3 Å². The Kier molecular flexibility index (Phi) is 5.56. The Labute approximate surface area is 202 Å². The van der Waals surface area contributed by atoms with Crippen LogP contribution in [0.15, 0.2) is 53.7 Å². The van der Waals surface area contributed by atoms with E-state index >= 15 is 0 Å². The zero-order valence-corrected chi connectivity index (χ0v) is 18.7. The molecule has 3 aliphatic rings. The SMILES string of the molecule is O=C1[C@@H]2[C@H](C(=O)N1N=Cc1cc(Cl)c(OCc3cccc([N+](=O)[O-])c3)c([N+](=O)[O-])c1)[C@H]1C=C[C@H]2C1. The van der Waals surface area contributed by atoms with E-state index in [1.807, 2.05) is 12.2 Å². The molecule has 2 aromatic rings. The number of fused-ring (bicyclic) bond motifs is 5. The Bertz CT molecular complexity index is 1310. The van der Waals surface area contributed by atoms with Crippen molar-refractivity contribution in [3.05, 3.63) is 84.9 Å². The first-order chi connectivity index (χ1) is 16.7. The smallest absolute Gasteiger partial charge is 0.313 e. The van der Waals surface area contributed by atoms with Gasteiger partial charge in [0.2, 0.25) is 5.75 Å². The van der Waals surface area contributed by atoms with E-state index in [4.69, 9.17) is 16.3 Å². The minimum Gasteiger partial charge on any atom is -0.481 e. The Hall–Kier alpha value is -4.12. The van der Waals surface area contributed by atoms with E-state index < -0.39 is 27.4 Å². The van der Waals surface area contributed by atoms with Crippen LogP contribution >= 0.6 is 11.6 Å². The maximum atomic E-state index is 12.8. The molecule has 1 saturated heterocycles. The van der Waals surface area contributed by atoms with Gasteiger partial charge < -0.3 is 4.74 Å². The van der Waals surface area contributed by atoms with Crippen molar-refractivity contribution < 1.29 is 24.2 Å². The molecule has 1 heterocycles. The molecule has 2 fully saturated rings. The summed E-state index contributed by atoms with van der Waals surface area (Å²) in [5, 5.41) is 27.4. The van der Waals surface area contributed by atoms with Crippen LogP contribution in [0.1, 0.15) is 17.5 Å². The number of nitro groups is 2. The zero-order chi connectivity index (χ0) is 24.9. The first-order valence-electron chi connectivity index (χ1n) is 10.7. The van der Waals surface area contributed by atoms with Gasteiger partial charge in [0, 0.05) is 23.8 Å². The molecule has 4 atom stereocenters. The summed E-state index contributed by atoms with van der Waals surface area (Å²) < 4.78 is 5.53. The predicted octanol–water partition coefficient (Wildman–Crippen LogP) is 3.88. The Morgan fingerprint density at radius 1 is 1.06 bits per heavy atom. The van der Waals surface area contributed by atoms with Crippen LogP contribution in [0.2, 0.25) is 5.02 Å². The van der Waals surface area contributed by atoms with Gasteiger partial charge in [0.1, 0.15) is 6.61 Å². The monoisotopic (exact) mass is 496 g/mol. The van der Waals surface area contributed by atoms with Gasteiger partial charge in [-0.05, 0) is 29.9 Å². The number of imide groups is 1. The average Bonchev–Trinajstić information content (AvgIpc) is 3.51. The van der Waals surface area contributed by atoms with E-state index in [1.165, 1.54) is 30.5 Å². The van der Waals surface area contributed by atoms with Crippen LogP contribution < -0.4 is 4.74 Å². The standard InChI is InChI=1S/C23H17ClN4O7/c24-17-7-13(10-25-26-22(29)19-14-4-5-15(9-14)20(19)23(26)30)8-18(28(33)34)21(17)35-11-12-2-1-3-16(6-12)27(31)32/h1-8,10,14-15,19-20H,9,11H2/t14-,15-,19-,20+/m0/s1. The molecule has 2 aromatic carbocycles. The van der Waals surface area contributed by atoms with E-state index in [1.54, 1.807) is 6.07 Å². The number of rotatable bonds is 7. The van der Waals surface area contributed by atoms with E-state index in [0.717, 1.165) is 17.5 Å². The third-order valence-corrected chi connectivity index (χ3v) is 6.80. The van der Waals surface area contributed by atoms with Crippen LogP contribution in [0.5, 0.6) is 5.75 Å². The van der Waals surface area contributed by atoms with Gasteiger partial charge in [-0.3, -0.25) is 29.8 Å². The van der Waals surface area contributed by atoms with Crippen molar-refractivity contribution in [3.8, 4) is 5.75 Å². The van der Waals surface area contributed by atoms with Gasteiger partial charge in [-0.2, -0.15) is 10.1 Å². The van der Waals surface area contributed by atoms with E-state index in [0.29, 0.717) is 5.56 Å². The average molecular weight is 497 g/mol. The molecule has 5 rings (SSSR count). The van der Waals surface area contributed by atoms with Gasteiger partial charge in [0.05, 0.1) is 32.9 Å². The predicted molar refractivity (Wildman–Crippen MR) is 123 cm³/mol. The molecule has 12 heteroatoms. The topological polar surface area (TPSA) is 145 Å². The second kappa shape index (κ2) is 8.58. The summed E-state index contributed by atoms with van der Waals surface area (Å²) in [6.07, 6.45) is 5.92. The highest BCUT2D eigenvalue weighted by atomic mass is 35.5. The molecule has 35 heavy (non-hydrogen) atoms. The lowest BCUT2D eigenvalue weighted by Gasteiger charge is -2.13. The fourth-order valence-electron chi connectivity index (χ4n) is 4.99. The van der Waals surface area contributed by atoms with Crippen LogP contribution in [0.3, 0.4) is 0 Å². The highest BCUT2D eigenvalue weighted by molar-refractivity contribution is 6.32. The van der Waals surface area contributed by atoms with Crippen LogP contribution in [0.25, 0.3) is 0 Å². The normalized spacial score (nSPS) is 24.4. The summed E-state index contributed by atoms with van der Waals surface area (Å²) in [5.74, 6) is -1.68. The molecule has 0 radical (unpaired) electrons. The number of hydrogen-bond acceptors (Lipinski definition) is 8. The van der Waals surface area contributed by atoms with Crippen molar-refractivity contribution >= 4 is 41.0 Å². The highest BCUT2D eigenvalue weighted by Gasteiger charge is 2.59. The molecular weight excluding hydrogens is 480 g/mol. The first kappa shape index (κ1) is 22.7. The number of carbonyl (C=O) groups is 2. The molecule has 2 bridgehead atoms. The molecule has 1 aliphatic heterocycles. The quantitative estimate of drug-likeness (QED) is 0.186. The maximum absolute atomic E-state index is 12.8. The summed E-state index contributed by atoms with van der Waals surface area (Å²) >= 11 is 6.25. The van der Waals surface area contributed by atoms with Gasteiger partial charge >= 0.3 is 5.69 Å². The summed E-state index contributed by atoms with van der Waals surface area (Å²) in [7, 11) is 0. The van der Waals surface area contributed by atoms with Crippen LogP contribution in [0, 0.1) is 43.9 Å². The number of carbonyl (C=O) groups excluding carboxylic acids is 2. The molecule has 0 aromatic heterocycles. The highest BCUT2D eigenvalue weighted by Crippen LogP contribution is 2.52. The number of nitro benzene ring substituents is 2. The second-order valence-corrected chi connectivity index (χ2v) is 8.96. The number of ether oxygens (including phenoxy) is 1. The molecule has 1 saturated carbocycles.